The number of carboxylic acid groups (broad SMARTS) is 1. The van der Waals surface area contributed by atoms with Crippen LogP contribution >= 0.6 is 23.2 Å². The number of benzene rings is 1. The molecule has 0 aliphatic heterocycles. The topological polar surface area (TPSA) is 59.4 Å². The lowest BCUT2D eigenvalue weighted by molar-refractivity contribution is 0.0696. The standard InChI is InChI=1S/C12H7Cl2NO3/c13-9-3-2-8(5-10(9)14)18-11-4-1-7(6-15-11)12(16)17/h1-6H,(H,16,17). The fourth-order valence-electron chi connectivity index (χ4n) is 1.23. The third-order valence-electron chi connectivity index (χ3n) is 2.10. The third kappa shape index (κ3) is 2.91. The summed E-state index contributed by atoms with van der Waals surface area (Å²) in [6.07, 6.45) is 1.22. The molecular formula is C12H7Cl2NO3. The summed E-state index contributed by atoms with van der Waals surface area (Å²) in [5, 5.41) is 9.52. The molecule has 0 bridgehead atoms. The molecule has 0 aliphatic carbocycles. The molecule has 0 radical (unpaired) electrons. The Bertz CT molecular complexity index is 584. The zero-order valence-electron chi connectivity index (χ0n) is 8.93. The maximum Gasteiger partial charge on any atom is 0.337 e. The molecular weight excluding hydrogens is 277 g/mol. The number of carbonyl (C=O) groups is 1. The zero-order valence-corrected chi connectivity index (χ0v) is 10.4. The van der Waals surface area contributed by atoms with Crippen molar-refractivity contribution >= 4 is 29.2 Å². The summed E-state index contributed by atoms with van der Waals surface area (Å²) in [5.74, 6) is -0.290. The van der Waals surface area contributed by atoms with Gasteiger partial charge < -0.3 is 9.84 Å². The minimum absolute atomic E-state index is 0.0940. The first-order valence-corrected chi connectivity index (χ1v) is 5.64. The lowest BCUT2D eigenvalue weighted by atomic mass is 10.3. The van der Waals surface area contributed by atoms with E-state index < -0.39 is 5.97 Å². The molecule has 1 heterocycles. The number of hydrogen-bond acceptors (Lipinski definition) is 3. The number of hydrogen-bond donors (Lipinski definition) is 1. The highest BCUT2D eigenvalue weighted by atomic mass is 35.5. The second-order valence-electron chi connectivity index (χ2n) is 3.37. The van der Waals surface area contributed by atoms with Crippen LogP contribution in [0.4, 0.5) is 0 Å². The average molecular weight is 284 g/mol. The van der Waals surface area contributed by atoms with E-state index in [9.17, 15) is 4.79 Å². The lowest BCUT2D eigenvalue weighted by Gasteiger charge is -2.05. The summed E-state index contributed by atoms with van der Waals surface area (Å²) in [7, 11) is 0. The van der Waals surface area contributed by atoms with Crippen LogP contribution in [0.15, 0.2) is 36.5 Å². The van der Waals surface area contributed by atoms with Crippen molar-refractivity contribution < 1.29 is 14.6 Å². The van der Waals surface area contributed by atoms with Gasteiger partial charge in [0, 0.05) is 18.3 Å². The van der Waals surface area contributed by atoms with Crippen LogP contribution in [0.25, 0.3) is 0 Å². The van der Waals surface area contributed by atoms with Gasteiger partial charge in [-0.1, -0.05) is 23.2 Å². The van der Waals surface area contributed by atoms with E-state index in [4.69, 9.17) is 33.0 Å². The molecule has 0 atom stereocenters. The summed E-state index contributed by atoms with van der Waals surface area (Å²) in [4.78, 5) is 14.5. The van der Waals surface area contributed by atoms with Crippen LogP contribution in [0.5, 0.6) is 11.6 Å². The van der Waals surface area contributed by atoms with Crippen LogP contribution in [-0.4, -0.2) is 16.1 Å². The third-order valence-corrected chi connectivity index (χ3v) is 2.84. The first-order valence-electron chi connectivity index (χ1n) is 4.88. The first kappa shape index (κ1) is 12.7. The van der Waals surface area contributed by atoms with Gasteiger partial charge in [0.25, 0.3) is 0 Å². The molecule has 0 saturated heterocycles. The lowest BCUT2D eigenvalue weighted by Crippen LogP contribution is -1.97. The van der Waals surface area contributed by atoms with Crippen LogP contribution in [0, 0.1) is 0 Å². The average Bonchev–Trinajstić information content (AvgIpc) is 2.34. The molecule has 1 N–H and O–H groups in total. The van der Waals surface area contributed by atoms with E-state index in [0.717, 1.165) is 0 Å². The van der Waals surface area contributed by atoms with Gasteiger partial charge >= 0.3 is 5.97 Å². The van der Waals surface area contributed by atoms with Gasteiger partial charge in [0.05, 0.1) is 15.6 Å². The SMILES string of the molecule is O=C(O)c1ccc(Oc2ccc(Cl)c(Cl)c2)nc1. The van der Waals surface area contributed by atoms with Crippen molar-refractivity contribution in [3.8, 4) is 11.6 Å². The summed E-state index contributed by atoms with van der Waals surface area (Å²) >= 11 is 11.6. The van der Waals surface area contributed by atoms with E-state index in [2.05, 4.69) is 4.98 Å². The molecule has 0 spiro atoms. The first-order chi connectivity index (χ1) is 8.56. The van der Waals surface area contributed by atoms with Crippen LogP contribution in [0.1, 0.15) is 10.4 Å². The van der Waals surface area contributed by atoms with Crippen molar-refractivity contribution in [2.75, 3.05) is 0 Å². The summed E-state index contributed by atoms with van der Waals surface area (Å²) in [5.41, 5.74) is 0.0940. The highest BCUT2D eigenvalue weighted by molar-refractivity contribution is 6.42. The van der Waals surface area contributed by atoms with E-state index in [0.29, 0.717) is 15.8 Å². The quantitative estimate of drug-likeness (QED) is 0.929. The highest BCUT2D eigenvalue weighted by Crippen LogP contribution is 2.28. The number of rotatable bonds is 3. The predicted molar refractivity (Wildman–Crippen MR) is 67.7 cm³/mol. The molecule has 18 heavy (non-hydrogen) atoms. The van der Waals surface area contributed by atoms with Gasteiger partial charge in [0.1, 0.15) is 5.75 Å². The molecule has 2 rings (SSSR count). The van der Waals surface area contributed by atoms with Crippen LogP contribution in [0.3, 0.4) is 0 Å². The highest BCUT2D eigenvalue weighted by Gasteiger charge is 2.05. The van der Waals surface area contributed by atoms with Gasteiger partial charge in [0.2, 0.25) is 5.88 Å². The molecule has 92 valence electrons. The van der Waals surface area contributed by atoms with E-state index >= 15 is 0 Å². The van der Waals surface area contributed by atoms with Crippen LogP contribution in [0.2, 0.25) is 10.0 Å². The largest absolute Gasteiger partial charge is 0.478 e. The summed E-state index contributed by atoms with van der Waals surface area (Å²) in [6, 6.07) is 7.66. The number of nitrogens with zero attached hydrogens (tertiary/aromatic N) is 1. The number of ether oxygens (including phenoxy) is 1. The van der Waals surface area contributed by atoms with E-state index in [1.54, 1.807) is 18.2 Å². The molecule has 0 aliphatic rings. The number of aromatic carboxylic acids is 1. The summed E-state index contributed by atoms with van der Waals surface area (Å²) < 4.78 is 5.40. The van der Waals surface area contributed by atoms with Crippen molar-refractivity contribution in [1.82, 2.24) is 4.98 Å². The van der Waals surface area contributed by atoms with Crippen LogP contribution in [-0.2, 0) is 0 Å². The molecule has 0 amide bonds. The van der Waals surface area contributed by atoms with Gasteiger partial charge in [-0.15, -0.1) is 0 Å². The second kappa shape index (κ2) is 5.25. The van der Waals surface area contributed by atoms with Crippen molar-refractivity contribution in [3.63, 3.8) is 0 Å². The molecule has 1 aromatic carbocycles. The zero-order chi connectivity index (χ0) is 13.1. The Morgan fingerprint density at radius 3 is 2.50 bits per heavy atom. The Labute approximate surface area is 113 Å². The molecule has 2 aromatic rings. The number of carboxylic acids is 1. The Balaban J connectivity index is 2.18. The fourth-order valence-corrected chi connectivity index (χ4v) is 1.52. The normalized spacial score (nSPS) is 10.1. The molecule has 1 aromatic heterocycles. The van der Waals surface area contributed by atoms with Crippen molar-refractivity contribution in [2.24, 2.45) is 0 Å². The Morgan fingerprint density at radius 2 is 1.94 bits per heavy atom. The van der Waals surface area contributed by atoms with Crippen molar-refractivity contribution in [3.05, 3.63) is 52.1 Å². The van der Waals surface area contributed by atoms with Gasteiger partial charge in [0.15, 0.2) is 0 Å². The van der Waals surface area contributed by atoms with Gasteiger partial charge in [-0.25, -0.2) is 9.78 Å². The van der Waals surface area contributed by atoms with Crippen LogP contribution < -0.4 is 4.74 Å². The smallest absolute Gasteiger partial charge is 0.337 e. The van der Waals surface area contributed by atoms with Crippen molar-refractivity contribution in [1.29, 1.82) is 0 Å². The summed E-state index contributed by atoms with van der Waals surface area (Å²) in [6.45, 7) is 0. The van der Waals surface area contributed by atoms with Crippen molar-refractivity contribution in [2.45, 2.75) is 0 Å². The molecule has 0 fully saturated rings. The molecule has 0 saturated carbocycles. The molecule has 0 unspecified atom stereocenters. The van der Waals surface area contributed by atoms with E-state index in [-0.39, 0.29) is 11.4 Å². The number of pyridine rings is 1. The Morgan fingerprint density at radius 1 is 1.17 bits per heavy atom. The number of halogens is 2. The maximum atomic E-state index is 10.6. The maximum absolute atomic E-state index is 10.6. The Kier molecular flexibility index (Phi) is 3.69. The minimum atomic E-state index is -1.04. The van der Waals surface area contributed by atoms with Gasteiger partial charge in [-0.2, -0.15) is 0 Å². The fraction of sp³-hybridized carbons (Fsp3) is 0. The molecule has 4 nitrogen and oxygen atoms in total. The van der Waals surface area contributed by atoms with E-state index in [1.807, 2.05) is 0 Å². The second-order valence-corrected chi connectivity index (χ2v) is 4.18. The van der Waals surface area contributed by atoms with Gasteiger partial charge in [-0.05, 0) is 18.2 Å². The molecule has 6 heteroatoms. The van der Waals surface area contributed by atoms with Gasteiger partial charge in [-0.3, -0.25) is 0 Å². The minimum Gasteiger partial charge on any atom is -0.478 e. The van der Waals surface area contributed by atoms with E-state index in [1.165, 1.54) is 18.3 Å². The monoisotopic (exact) mass is 283 g/mol. The predicted octanol–water partition coefficient (Wildman–Crippen LogP) is 3.88. The number of aromatic nitrogens is 1. The Hall–Kier alpha value is -1.78.